The maximum atomic E-state index is 13.5. The summed E-state index contributed by atoms with van der Waals surface area (Å²) in [5, 5.41) is 37.4. The molecule has 0 aromatic heterocycles. The van der Waals surface area contributed by atoms with Gasteiger partial charge in [0.15, 0.2) is 17.6 Å². The van der Waals surface area contributed by atoms with Gasteiger partial charge in [-0.15, -0.1) is 0 Å². The number of rotatable bonds is 5. The van der Waals surface area contributed by atoms with E-state index in [2.05, 4.69) is 10.2 Å². The second-order valence-electron chi connectivity index (χ2n) is 11.3. The molecule has 186 valence electrons. The van der Waals surface area contributed by atoms with Crippen LogP contribution in [0.1, 0.15) is 49.7 Å². The van der Waals surface area contributed by atoms with Gasteiger partial charge in [-0.1, -0.05) is 6.07 Å². The predicted octanol–water partition coefficient (Wildman–Crippen LogP) is 1.20. The molecule has 9 nitrogen and oxygen atoms in total. The van der Waals surface area contributed by atoms with Crippen molar-refractivity contribution in [3.05, 3.63) is 34.6 Å². The van der Waals surface area contributed by atoms with E-state index in [9.17, 15) is 24.9 Å². The van der Waals surface area contributed by atoms with Crippen molar-refractivity contribution in [3.63, 3.8) is 0 Å². The van der Waals surface area contributed by atoms with E-state index in [4.69, 9.17) is 9.47 Å². The summed E-state index contributed by atoms with van der Waals surface area (Å²) < 4.78 is 11.1. The lowest BCUT2D eigenvalue weighted by atomic mass is 9.49. The van der Waals surface area contributed by atoms with Crippen LogP contribution in [0.15, 0.2) is 23.5 Å². The molecule has 0 unspecified atom stereocenters. The highest BCUT2D eigenvalue weighted by molar-refractivity contribution is 5.99. The molecular formula is C26H30N2O7. The lowest BCUT2D eigenvalue weighted by molar-refractivity contribution is -0.172. The summed E-state index contributed by atoms with van der Waals surface area (Å²) in [6, 6.07) is 3.25. The first kappa shape index (κ1) is 21.5. The Kier molecular flexibility index (Phi) is 4.12. The number of hydrogen-bond acceptors (Lipinski definition) is 8. The minimum absolute atomic E-state index is 0.0323. The van der Waals surface area contributed by atoms with Gasteiger partial charge >= 0.3 is 5.97 Å². The van der Waals surface area contributed by atoms with Crippen molar-refractivity contribution in [1.82, 2.24) is 10.2 Å². The highest BCUT2D eigenvalue weighted by atomic mass is 16.5. The average Bonchev–Trinajstić information content (AvgIpc) is 3.76. The molecule has 2 heterocycles. The molecule has 4 N–H and O–H groups in total. The largest absolute Gasteiger partial charge is 0.508 e. The summed E-state index contributed by atoms with van der Waals surface area (Å²) in [7, 11) is 1.28. The number of methoxy groups -OCH3 is 1. The van der Waals surface area contributed by atoms with Crippen LogP contribution in [0.4, 0.5) is 0 Å². The average molecular weight is 483 g/mol. The molecule has 2 saturated carbocycles. The fourth-order valence-electron chi connectivity index (χ4n) is 7.36. The molecule has 1 saturated heterocycles. The number of likely N-dealkylation sites (tertiary alicyclic amines) is 1. The third-order valence-electron chi connectivity index (χ3n) is 9.47. The summed E-state index contributed by atoms with van der Waals surface area (Å²) in [4.78, 5) is 28.0. The normalized spacial score (nSPS) is 35.7. The highest BCUT2D eigenvalue weighted by Crippen LogP contribution is 2.66. The van der Waals surface area contributed by atoms with Gasteiger partial charge in [-0.25, -0.2) is 4.79 Å². The number of aliphatic hydroxyl groups is 2. The number of carbonyl (C=O) groups is 2. The maximum Gasteiger partial charge on any atom is 0.331 e. The second kappa shape index (κ2) is 6.70. The Morgan fingerprint density at radius 1 is 1.23 bits per heavy atom. The predicted molar refractivity (Wildman–Crippen MR) is 122 cm³/mol. The summed E-state index contributed by atoms with van der Waals surface area (Å²) in [6.45, 7) is 1.65. The van der Waals surface area contributed by atoms with Crippen molar-refractivity contribution in [2.75, 3.05) is 20.2 Å². The van der Waals surface area contributed by atoms with Gasteiger partial charge in [-0.2, -0.15) is 0 Å². The van der Waals surface area contributed by atoms with E-state index in [-0.39, 0.29) is 29.5 Å². The molecule has 1 spiro atoms. The maximum absolute atomic E-state index is 13.5. The number of piperidine rings is 1. The van der Waals surface area contributed by atoms with Gasteiger partial charge in [-0.3, -0.25) is 9.69 Å². The van der Waals surface area contributed by atoms with Crippen molar-refractivity contribution in [2.24, 2.45) is 5.92 Å². The van der Waals surface area contributed by atoms with Crippen LogP contribution in [0.2, 0.25) is 0 Å². The van der Waals surface area contributed by atoms with Crippen LogP contribution < -0.4 is 10.1 Å². The lowest BCUT2D eigenvalue weighted by Crippen LogP contribution is -2.76. The van der Waals surface area contributed by atoms with Gasteiger partial charge in [0.2, 0.25) is 0 Å². The van der Waals surface area contributed by atoms with Crippen molar-refractivity contribution in [1.29, 1.82) is 0 Å². The lowest BCUT2D eigenvalue weighted by Gasteiger charge is -2.62. The van der Waals surface area contributed by atoms with Crippen LogP contribution in [0.5, 0.6) is 11.5 Å². The molecule has 4 aliphatic carbocycles. The number of aliphatic hydroxyl groups excluding tert-OH is 1. The smallest absolute Gasteiger partial charge is 0.331 e. The zero-order valence-electron chi connectivity index (χ0n) is 19.7. The Labute approximate surface area is 202 Å². The number of esters is 1. The summed E-state index contributed by atoms with van der Waals surface area (Å²) in [5.74, 6) is -0.441. The highest BCUT2D eigenvalue weighted by Gasteiger charge is 2.73. The van der Waals surface area contributed by atoms with Crippen molar-refractivity contribution < 1.29 is 34.4 Å². The third kappa shape index (κ3) is 2.60. The van der Waals surface area contributed by atoms with Crippen LogP contribution in [0.3, 0.4) is 0 Å². The van der Waals surface area contributed by atoms with Gasteiger partial charge in [0, 0.05) is 24.6 Å². The fraction of sp³-hybridized carbons (Fsp3) is 0.615. The van der Waals surface area contributed by atoms with E-state index >= 15 is 0 Å². The SMILES string of the molecule is COC(=O)C1(NC(=O)C2=C(O)[C@@H]3Oc4c(O)ccc5c4[C@@]34CCN(CC3CC3)[C@H](C5)[C@]4(O)C2)CC1. The summed E-state index contributed by atoms with van der Waals surface area (Å²) >= 11 is 0. The number of aromatic hydroxyl groups is 1. The van der Waals surface area contributed by atoms with Gasteiger partial charge in [0.05, 0.1) is 23.7 Å². The van der Waals surface area contributed by atoms with Crippen molar-refractivity contribution in [2.45, 2.75) is 73.6 Å². The van der Waals surface area contributed by atoms with E-state index in [1.165, 1.54) is 20.0 Å². The number of hydrogen-bond donors (Lipinski definition) is 4. The van der Waals surface area contributed by atoms with Gasteiger partial charge in [-0.05, 0) is 62.6 Å². The molecular weight excluding hydrogens is 452 g/mol. The minimum atomic E-state index is -1.38. The molecule has 4 atom stereocenters. The monoisotopic (exact) mass is 482 g/mol. The standard InChI is InChI=1S/C26H30N2O7/c1-34-23(32)24(6-7-24)27-22(31)15-11-26(33)17-10-14-4-5-16(29)20-18(14)25(26,21(35-20)19(15)30)8-9-28(17)12-13-2-3-13/h4-5,13,17,21,29-30,33H,2-3,6-12H2,1H3,(H,27,31)/t17-,21+,25+,26-/m1/s1. The van der Waals surface area contributed by atoms with E-state index in [0.717, 1.165) is 24.2 Å². The molecule has 35 heavy (non-hydrogen) atoms. The molecule has 7 rings (SSSR count). The Bertz CT molecular complexity index is 1200. The second-order valence-corrected chi connectivity index (χ2v) is 11.3. The summed E-state index contributed by atoms with van der Waals surface area (Å²) in [5.41, 5.74) is -1.59. The molecule has 0 radical (unpaired) electrons. The number of phenolic OH excluding ortho intramolecular Hbond substituents is 1. The van der Waals surface area contributed by atoms with Crippen LogP contribution in [0, 0.1) is 5.92 Å². The summed E-state index contributed by atoms with van der Waals surface area (Å²) in [6.07, 6.45) is 3.40. The van der Waals surface area contributed by atoms with Gasteiger partial charge < -0.3 is 30.1 Å². The zero-order chi connectivity index (χ0) is 24.3. The van der Waals surface area contributed by atoms with Crippen LogP contribution in [-0.2, 0) is 26.2 Å². The van der Waals surface area contributed by atoms with Crippen LogP contribution in [0.25, 0.3) is 0 Å². The van der Waals surface area contributed by atoms with Crippen LogP contribution in [-0.4, -0.2) is 75.6 Å². The van der Waals surface area contributed by atoms with E-state index < -0.39 is 34.5 Å². The number of phenols is 1. The van der Waals surface area contributed by atoms with Crippen molar-refractivity contribution in [3.8, 4) is 11.5 Å². The minimum Gasteiger partial charge on any atom is -0.508 e. The first-order valence-electron chi connectivity index (χ1n) is 12.6. The van der Waals surface area contributed by atoms with E-state index in [1.807, 2.05) is 6.07 Å². The Morgan fingerprint density at radius 3 is 2.69 bits per heavy atom. The van der Waals surface area contributed by atoms with Crippen molar-refractivity contribution >= 4 is 11.9 Å². The zero-order valence-corrected chi connectivity index (χ0v) is 19.7. The topological polar surface area (TPSA) is 129 Å². The molecule has 1 amide bonds. The molecule has 1 aromatic rings. The third-order valence-corrected chi connectivity index (χ3v) is 9.47. The molecule has 6 aliphatic rings. The number of ether oxygens (including phenoxy) is 2. The Morgan fingerprint density at radius 2 is 2.00 bits per heavy atom. The first-order valence-corrected chi connectivity index (χ1v) is 12.6. The number of benzene rings is 1. The van der Waals surface area contributed by atoms with E-state index in [0.29, 0.717) is 37.4 Å². The first-order chi connectivity index (χ1) is 16.7. The van der Waals surface area contributed by atoms with Gasteiger partial charge in [0.25, 0.3) is 5.91 Å². The molecule has 9 heteroatoms. The Balaban J connectivity index is 1.35. The molecule has 2 aliphatic heterocycles. The number of amides is 1. The van der Waals surface area contributed by atoms with Gasteiger partial charge in [0.1, 0.15) is 11.3 Å². The molecule has 2 bridgehead atoms. The fourth-order valence-corrected chi connectivity index (χ4v) is 7.36. The quantitative estimate of drug-likeness (QED) is 0.461. The van der Waals surface area contributed by atoms with Crippen LogP contribution >= 0.6 is 0 Å². The number of carbonyl (C=O) groups excluding carboxylic acids is 2. The molecule has 1 aromatic carbocycles. The van der Waals surface area contributed by atoms with E-state index in [1.54, 1.807) is 6.07 Å². The Hall–Kier alpha value is -2.78. The molecule has 3 fully saturated rings. The number of nitrogens with one attached hydrogen (secondary N) is 1. The number of nitrogens with zero attached hydrogens (tertiary/aromatic N) is 1.